The van der Waals surface area contributed by atoms with Crippen molar-refractivity contribution in [2.45, 2.75) is 329 Å². The van der Waals surface area contributed by atoms with Crippen molar-refractivity contribution in [2.24, 2.45) is 0 Å². The Morgan fingerprint density at radius 3 is 0.875 bits per heavy atom. The van der Waals surface area contributed by atoms with Crippen LogP contribution in [0.2, 0.25) is 0 Å². The van der Waals surface area contributed by atoms with Gasteiger partial charge < -0.3 is 33.8 Å². The zero-order valence-electron chi connectivity index (χ0n) is 60.3. The molecule has 17 nitrogen and oxygen atoms in total. The maximum atomic E-state index is 13.1. The number of aliphatic hydroxyl groups is 1. The van der Waals surface area contributed by atoms with Crippen LogP contribution in [0.4, 0.5) is 0 Å². The number of hydrogen-bond acceptors (Lipinski definition) is 15. The van der Waals surface area contributed by atoms with E-state index in [1.807, 2.05) is 12.2 Å². The minimum atomic E-state index is -4.99. The highest BCUT2D eigenvalue weighted by atomic mass is 31.2. The molecule has 5 atom stereocenters. The van der Waals surface area contributed by atoms with Crippen molar-refractivity contribution in [2.75, 3.05) is 39.6 Å². The van der Waals surface area contributed by atoms with E-state index < -0.39 is 97.5 Å². The first-order valence-electron chi connectivity index (χ1n) is 37.5. The summed E-state index contributed by atoms with van der Waals surface area (Å²) in [5.41, 5.74) is 0. The topological polar surface area (TPSA) is 237 Å². The molecule has 19 heteroatoms. The summed E-state index contributed by atoms with van der Waals surface area (Å²) in [7, 11) is -9.96. The third-order valence-corrected chi connectivity index (χ3v) is 17.5. The number of aliphatic hydroxyl groups excluding tert-OH is 1. The summed E-state index contributed by atoms with van der Waals surface area (Å²) >= 11 is 0. The molecule has 0 fully saturated rings. The first-order chi connectivity index (χ1) is 46.7. The second kappa shape index (κ2) is 69.5. The Morgan fingerprint density at radius 2 is 0.552 bits per heavy atom. The molecule has 0 spiro atoms. The average molecular weight is 1390 g/mol. The van der Waals surface area contributed by atoms with E-state index in [0.717, 1.165) is 128 Å². The van der Waals surface area contributed by atoms with Gasteiger partial charge in [0.2, 0.25) is 0 Å². The lowest BCUT2D eigenvalue weighted by molar-refractivity contribution is -0.161. The number of carbonyl (C=O) groups is 4. The maximum absolute atomic E-state index is 13.1. The summed E-state index contributed by atoms with van der Waals surface area (Å²) < 4.78 is 68.3. The van der Waals surface area contributed by atoms with Gasteiger partial charge in [-0.3, -0.25) is 37.3 Å². The first kappa shape index (κ1) is 92.0. The van der Waals surface area contributed by atoms with E-state index in [4.69, 9.17) is 37.0 Å². The third-order valence-electron chi connectivity index (χ3n) is 15.6. The van der Waals surface area contributed by atoms with Crippen LogP contribution in [0.5, 0.6) is 0 Å². The summed E-state index contributed by atoms with van der Waals surface area (Å²) in [6.45, 7) is 4.57. The molecular weight excluding hydrogens is 1260 g/mol. The second-order valence-electron chi connectivity index (χ2n) is 24.8. The van der Waals surface area contributed by atoms with Gasteiger partial charge in [0.25, 0.3) is 0 Å². The van der Waals surface area contributed by atoms with Crippen molar-refractivity contribution in [3.63, 3.8) is 0 Å². The first-order valence-corrected chi connectivity index (χ1v) is 40.5. The van der Waals surface area contributed by atoms with Gasteiger partial charge in [-0.2, -0.15) is 0 Å². The molecule has 0 aromatic heterocycles. The highest BCUT2D eigenvalue weighted by Crippen LogP contribution is 2.45. The zero-order chi connectivity index (χ0) is 70.4. The monoisotopic (exact) mass is 1390 g/mol. The normalized spacial score (nSPS) is 14.5. The number of rotatable bonds is 70. The number of unbranched alkanes of at least 4 members (excludes halogenated alkanes) is 28. The van der Waals surface area contributed by atoms with Gasteiger partial charge in [0, 0.05) is 25.7 Å². The van der Waals surface area contributed by atoms with Gasteiger partial charge in [-0.15, -0.1) is 0 Å². The lowest BCUT2D eigenvalue weighted by atomic mass is 10.0. The minimum absolute atomic E-state index is 0.0631. The number of allylic oxidation sites excluding steroid dienone is 16. The SMILES string of the molecule is CC/C=C\C/C=C\C/C=C\C/C=C\C/C=C\CCCC(=O)OCC(COP(=O)(O)OCC(O)COP(=O)(O)OCC(COC(=O)CCCCCCCCCCCCCCC)OC(=O)CCCCCCCCCCCCC)OC(=O)CCCCCCC/C=C\C/C=C\C/C=C\CC. The largest absolute Gasteiger partial charge is 0.472 e. The van der Waals surface area contributed by atoms with E-state index in [0.29, 0.717) is 32.1 Å². The van der Waals surface area contributed by atoms with Crippen LogP contribution in [0.1, 0.15) is 310 Å². The van der Waals surface area contributed by atoms with E-state index in [1.165, 1.54) is 96.3 Å². The molecule has 3 N–H and O–H groups in total. The quantitative estimate of drug-likeness (QED) is 0.0169. The van der Waals surface area contributed by atoms with Crippen LogP contribution in [-0.2, 0) is 65.4 Å². The Kier molecular flexibility index (Phi) is 66.6. The van der Waals surface area contributed by atoms with Crippen LogP contribution in [0.25, 0.3) is 0 Å². The number of carbonyl (C=O) groups excluding carboxylic acids is 4. The fraction of sp³-hybridized carbons (Fsp3) is 0.740. The Hall–Kier alpha value is -4.02. The molecule has 0 aliphatic rings. The van der Waals surface area contributed by atoms with Gasteiger partial charge in [-0.1, -0.05) is 285 Å². The zero-order valence-corrected chi connectivity index (χ0v) is 62.1. The number of phosphoric ester groups is 2. The highest BCUT2D eigenvalue weighted by Gasteiger charge is 2.30. The van der Waals surface area contributed by atoms with E-state index in [2.05, 4.69) is 113 Å². The molecule has 0 saturated heterocycles. The Labute approximate surface area is 582 Å². The summed E-state index contributed by atoms with van der Waals surface area (Å²) in [5, 5.41) is 10.6. The number of esters is 4. The molecule has 0 amide bonds. The fourth-order valence-corrected chi connectivity index (χ4v) is 11.5. The molecule has 96 heavy (non-hydrogen) atoms. The van der Waals surface area contributed by atoms with Crippen molar-refractivity contribution < 1.29 is 80.2 Å². The molecule has 554 valence electrons. The Balaban J connectivity index is 5.38. The lowest BCUT2D eigenvalue weighted by Crippen LogP contribution is -2.30. The van der Waals surface area contributed by atoms with Crippen molar-refractivity contribution in [1.29, 1.82) is 0 Å². The number of ether oxygens (including phenoxy) is 4. The molecular formula is C77H134O17P2. The van der Waals surface area contributed by atoms with Gasteiger partial charge >= 0.3 is 39.5 Å². The van der Waals surface area contributed by atoms with Crippen LogP contribution in [0.3, 0.4) is 0 Å². The number of phosphoric acid groups is 2. The smallest absolute Gasteiger partial charge is 0.462 e. The van der Waals surface area contributed by atoms with Gasteiger partial charge in [-0.25, -0.2) is 9.13 Å². The fourth-order valence-electron chi connectivity index (χ4n) is 9.92. The molecule has 0 aliphatic heterocycles. The maximum Gasteiger partial charge on any atom is 0.472 e. The Bertz CT molecular complexity index is 2200. The van der Waals surface area contributed by atoms with E-state index in [1.54, 1.807) is 0 Å². The van der Waals surface area contributed by atoms with Crippen LogP contribution in [-0.4, -0.2) is 96.7 Å². The predicted molar refractivity (Wildman–Crippen MR) is 390 cm³/mol. The number of hydrogen-bond donors (Lipinski definition) is 3. The van der Waals surface area contributed by atoms with Gasteiger partial charge in [0.1, 0.15) is 19.3 Å². The highest BCUT2D eigenvalue weighted by molar-refractivity contribution is 7.47. The second-order valence-corrected chi connectivity index (χ2v) is 27.7. The summed E-state index contributed by atoms with van der Waals surface area (Å²) in [4.78, 5) is 72.7. The standard InChI is InChI=1S/C77H134O17P2/c1-5-9-13-17-21-25-29-32-34-35-37-39-43-46-50-54-58-62-75(80)88-68-73(94-77(82)64-60-56-52-48-44-40-36-33-30-26-22-18-14-10-6-2)70-92-96(85,86)90-66-71(78)65-89-95(83,84)91-69-72(93-76(81)63-59-55-51-47-41-28-24-20-16-12-8-4)67-87-74(79)61-57-53-49-45-42-38-31-27-23-19-15-11-7-3/h9-10,13-14,21-22,25-26,32-34,36-37,39,46,50,71-73,78H,5-8,11-12,15-20,23-24,27-31,35,38,40-45,47-49,51-70H2,1-4H3,(H,83,84)(H,85,86)/b13-9-,14-10-,25-21-,26-22-,34-32-,36-33-,39-37-,50-46-. The Morgan fingerprint density at radius 1 is 0.302 bits per heavy atom. The molecule has 0 aliphatic carbocycles. The van der Waals surface area contributed by atoms with Crippen LogP contribution in [0.15, 0.2) is 97.2 Å². The lowest BCUT2D eigenvalue weighted by Gasteiger charge is -2.21. The van der Waals surface area contributed by atoms with E-state index in [-0.39, 0.29) is 25.7 Å². The van der Waals surface area contributed by atoms with Crippen LogP contribution in [0, 0.1) is 0 Å². The van der Waals surface area contributed by atoms with Gasteiger partial charge in [0.15, 0.2) is 12.2 Å². The van der Waals surface area contributed by atoms with Crippen molar-refractivity contribution in [1.82, 2.24) is 0 Å². The summed E-state index contributed by atoms with van der Waals surface area (Å²) in [6.07, 6.45) is 71.3. The molecule has 0 rings (SSSR count). The van der Waals surface area contributed by atoms with Gasteiger partial charge in [0.05, 0.1) is 26.4 Å². The van der Waals surface area contributed by atoms with Crippen molar-refractivity contribution >= 4 is 39.5 Å². The summed E-state index contributed by atoms with van der Waals surface area (Å²) in [5.74, 6) is -2.25. The molecule has 0 heterocycles. The molecule has 0 aromatic rings. The van der Waals surface area contributed by atoms with Gasteiger partial charge in [-0.05, 0) is 96.3 Å². The average Bonchev–Trinajstić information content (AvgIpc) is 2.18. The van der Waals surface area contributed by atoms with E-state index in [9.17, 15) is 43.2 Å². The van der Waals surface area contributed by atoms with Crippen LogP contribution >= 0.6 is 15.6 Å². The third kappa shape index (κ3) is 68.5. The molecule has 0 saturated carbocycles. The van der Waals surface area contributed by atoms with Crippen molar-refractivity contribution in [3.8, 4) is 0 Å². The summed E-state index contributed by atoms with van der Waals surface area (Å²) in [6, 6.07) is 0. The van der Waals surface area contributed by atoms with Crippen LogP contribution < -0.4 is 0 Å². The minimum Gasteiger partial charge on any atom is -0.462 e. The predicted octanol–water partition coefficient (Wildman–Crippen LogP) is 21.2. The van der Waals surface area contributed by atoms with Crippen molar-refractivity contribution in [3.05, 3.63) is 97.2 Å². The molecule has 0 bridgehead atoms. The molecule has 0 aromatic carbocycles. The molecule has 5 unspecified atom stereocenters. The molecule has 0 radical (unpaired) electrons. The van der Waals surface area contributed by atoms with E-state index >= 15 is 0 Å².